The Morgan fingerprint density at radius 3 is 2.44 bits per heavy atom. The number of methoxy groups -OCH3 is 2. The summed E-state index contributed by atoms with van der Waals surface area (Å²) >= 11 is 0. The lowest BCUT2D eigenvalue weighted by Gasteiger charge is -2.40. The van der Waals surface area contributed by atoms with Gasteiger partial charge in [-0.15, -0.1) is 0 Å². The van der Waals surface area contributed by atoms with Crippen molar-refractivity contribution in [1.82, 2.24) is 24.9 Å². The van der Waals surface area contributed by atoms with E-state index >= 15 is 0 Å². The molecule has 1 fully saturated rings. The van der Waals surface area contributed by atoms with E-state index in [1.54, 1.807) is 17.0 Å². The van der Waals surface area contributed by atoms with Crippen LogP contribution in [0.4, 0.5) is 19.0 Å². The molecule has 1 aliphatic heterocycles. The average molecular weight is 505 g/mol. The third-order valence-corrected chi connectivity index (χ3v) is 6.33. The fourth-order valence-corrected chi connectivity index (χ4v) is 4.39. The van der Waals surface area contributed by atoms with Gasteiger partial charge < -0.3 is 19.7 Å². The van der Waals surface area contributed by atoms with Crippen molar-refractivity contribution in [2.75, 3.05) is 32.6 Å². The zero-order chi connectivity index (χ0) is 25.9. The Bertz CT molecular complexity index is 1190. The van der Waals surface area contributed by atoms with Crippen molar-refractivity contribution in [2.24, 2.45) is 5.92 Å². The lowest BCUT2D eigenvalue weighted by atomic mass is 9.90. The number of nitrogens with one attached hydrogen (secondary N) is 1. The van der Waals surface area contributed by atoms with Crippen molar-refractivity contribution in [3.8, 4) is 17.2 Å². The van der Waals surface area contributed by atoms with Crippen molar-refractivity contribution in [3.63, 3.8) is 0 Å². The number of rotatable bonds is 7. The summed E-state index contributed by atoms with van der Waals surface area (Å²) in [6.07, 6.45) is 1.10. The van der Waals surface area contributed by atoms with Crippen LogP contribution >= 0.6 is 0 Å². The largest absolute Gasteiger partial charge is 0.493 e. The molecule has 0 radical (unpaired) electrons. The highest BCUT2D eigenvalue weighted by Crippen LogP contribution is 2.34. The monoisotopic (exact) mass is 504 g/mol. The minimum absolute atomic E-state index is 0.149. The number of ether oxygens (including phenoxy) is 2. The van der Waals surface area contributed by atoms with E-state index in [2.05, 4.69) is 27.4 Å². The number of hydrogen-bond acceptors (Lipinski definition) is 7. The summed E-state index contributed by atoms with van der Waals surface area (Å²) in [6.45, 7) is 2.90. The fourth-order valence-electron chi connectivity index (χ4n) is 4.39. The Morgan fingerprint density at radius 1 is 1.14 bits per heavy atom. The number of benzene rings is 1. The SMILES string of the molecule is COc1cc(C(=O)N2CCC[C@@H](C)[C@H]2CNc2ccc(C(F)(F)F)cn2)c(-n2nccn2)cc1OC. The highest BCUT2D eigenvalue weighted by Gasteiger charge is 2.35. The molecule has 3 aromatic rings. The fraction of sp³-hybridized carbons (Fsp3) is 0.417. The standard InChI is InChI=1S/C24H27F3N6O3/c1-15-5-4-10-32(19(15)14-29-22-7-6-16(13-28-22)24(25,26)27)23(34)17-11-20(35-2)21(36-3)12-18(17)33-30-8-9-31-33/h6-9,11-13,15,19H,4-5,10,14H2,1-3H3,(H,28,29)/t15-,19-/m1/s1. The molecule has 1 aromatic carbocycles. The number of alkyl halides is 3. The molecule has 0 spiro atoms. The minimum atomic E-state index is -4.45. The third kappa shape index (κ3) is 5.21. The Labute approximate surface area is 206 Å². The van der Waals surface area contributed by atoms with Crippen LogP contribution in [0, 0.1) is 5.92 Å². The maximum absolute atomic E-state index is 13.9. The van der Waals surface area contributed by atoms with E-state index in [-0.39, 0.29) is 17.9 Å². The number of pyridine rings is 1. The molecular formula is C24H27F3N6O3. The Morgan fingerprint density at radius 2 is 1.83 bits per heavy atom. The maximum atomic E-state index is 13.9. The lowest BCUT2D eigenvalue weighted by Crippen LogP contribution is -2.51. The normalized spacial score (nSPS) is 18.1. The number of anilines is 1. The van der Waals surface area contributed by atoms with Crippen LogP contribution in [0.25, 0.3) is 5.69 Å². The molecule has 0 unspecified atom stereocenters. The van der Waals surface area contributed by atoms with E-state index in [9.17, 15) is 18.0 Å². The van der Waals surface area contributed by atoms with Gasteiger partial charge in [-0.2, -0.15) is 28.2 Å². The van der Waals surface area contributed by atoms with Gasteiger partial charge in [0.25, 0.3) is 5.91 Å². The summed E-state index contributed by atoms with van der Waals surface area (Å²) < 4.78 is 49.4. The van der Waals surface area contributed by atoms with Crippen molar-refractivity contribution < 1.29 is 27.4 Å². The van der Waals surface area contributed by atoms with Gasteiger partial charge in [0.1, 0.15) is 11.5 Å². The van der Waals surface area contributed by atoms with Crippen LogP contribution in [0.5, 0.6) is 11.5 Å². The second kappa shape index (κ2) is 10.4. The Hall–Kier alpha value is -3.83. The zero-order valence-corrected chi connectivity index (χ0v) is 20.1. The lowest BCUT2D eigenvalue weighted by molar-refractivity contribution is -0.137. The first-order valence-electron chi connectivity index (χ1n) is 11.4. The number of piperidine rings is 1. The van der Waals surface area contributed by atoms with Gasteiger partial charge in [0.15, 0.2) is 11.5 Å². The quantitative estimate of drug-likeness (QED) is 0.519. The molecule has 0 bridgehead atoms. The molecule has 0 aliphatic carbocycles. The number of amides is 1. The molecule has 192 valence electrons. The molecule has 1 N–H and O–H groups in total. The van der Waals surface area contributed by atoms with Gasteiger partial charge in [-0.1, -0.05) is 6.92 Å². The van der Waals surface area contributed by atoms with E-state index < -0.39 is 11.7 Å². The van der Waals surface area contributed by atoms with Crippen LogP contribution in [-0.2, 0) is 6.18 Å². The van der Waals surface area contributed by atoms with Crippen molar-refractivity contribution in [3.05, 3.63) is 54.0 Å². The van der Waals surface area contributed by atoms with E-state index in [0.717, 1.165) is 25.1 Å². The van der Waals surface area contributed by atoms with Crippen LogP contribution in [0.1, 0.15) is 35.7 Å². The highest BCUT2D eigenvalue weighted by atomic mass is 19.4. The van der Waals surface area contributed by atoms with Crippen molar-refractivity contribution >= 4 is 11.7 Å². The second-order valence-electron chi connectivity index (χ2n) is 8.54. The number of likely N-dealkylation sites (tertiary alicyclic amines) is 1. The Balaban J connectivity index is 1.61. The predicted octanol–water partition coefficient (Wildman–Crippen LogP) is 4.05. The molecule has 3 heterocycles. The molecular weight excluding hydrogens is 477 g/mol. The third-order valence-electron chi connectivity index (χ3n) is 6.33. The predicted molar refractivity (Wildman–Crippen MR) is 125 cm³/mol. The summed E-state index contributed by atoms with van der Waals surface area (Å²) in [5.41, 5.74) is -0.0308. The van der Waals surface area contributed by atoms with Crippen LogP contribution < -0.4 is 14.8 Å². The van der Waals surface area contributed by atoms with E-state index in [1.165, 1.54) is 37.5 Å². The molecule has 36 heavy (non-hydrogen) atoms. The van der Waals surface area contributed by atoms with Gasteiger partial charge >= 0.3 is 6.18 Å². The molecule has 1 saturated heterocycles. The molecule has 0 saturated carbocycles. The number of aromatic nitrogens is 4. The first kappa shape index (κ1) is 25.3. The molecule has 1 amide bonds. The average Bonchev–Trinajstić information content (AvgIpc) is 3.41. The zero-order valence-electron chi connectivity index (χ0n) is 20.1. The summed E-state index contributed by atoms with van der Waals surface area (Å²) in [6, 6.07) is 5.31. The van der Waals surface area contributed by atoms with Crippen LogP contribution in [0.15, 0.2) is 42.9 Å². The van der Waals surface area contributed by atoms with Crippen molar-refractivity contribution in [1.29, 1.82) is 0 Å². The topological polar surface area (TPSA) is 94.4 Å². The molecule has 2 atom stereocenters. The van der Waals surface area contributed by atoms with Crippen molar-refractivity contribution in [2.45, 2.75) is 32.0 Å². The number of hydrogen-bond donors (Lipinski definition) is 1. The van der Waals surface area contributed by atoms with E-state index in [4.69, 9.17) is 9.47 Å². The summed E-state index contributed by atoms with van der Waals surface area (Å²) in [7, 11) is 2.99. The van der Waals surface area contributed by atoms with Crippen LogP contribution in [-0.4, -0.2) is 64.1 Å². The van der Waals surface area contributed by atoms with Gasteiger partial charge in [0, 0.05) is 25.4 Å². The number of nitrogens with zero attached hydrogens (tertiary/aromatic N) is 5. The second-order valence-corrected chi connectivity index (χ2v) is 8.54. The molecule has 4 rings (SSSR count). The summed E-state index contributed by atoms with van der Waals surface area (Å²) in [5, 5.41) is 11.5. The minimum Gasteiger partial charge on any atom is -0.493 e. The number of halogens is 3. The number of carbonyl (C=O) groups excluding carboxylic acids is 1. The van der Waals surface area contributed by atoms with Gasteiger partial charge in [-0.05, 0) is 37.0 Å². The molecule has 9 nitrogen and oxygen atoms in total. The van der Waals surface area contributed by atoms with E-state index in [1.807, 2.05) is 0 Å². The van der Waals surface area contributed by atoms with Gasteiger partial charge in [0.05, 0.1) is 43.8 Å². The first-order valence-corrected chi connectivity index (χ1v) is 11.4. The smallest absolute Gasteiger partial charge is 0.417 e. The van der Waals surface area contributed by atoms with Gasteiger partial charge in [-0.3, -0.25) is 4.79 Å². The molecule has 12 heteroatoms. The van der Waals surface area contributed by atoms with Crippen LogP contribution in [0.2, 0.25) is 0 Å². The highest BCUT2D eigenvalue weighted by molar-refractivity contribution is 5.99. The number of carbonyl (C=O) groups is 1. The van der Waals surface area contributed by atoms with Gasteiger partial charge in [0.2, 0.25) is 0 Å². The van der Waals surface area contributed by atoms with E-state index in [0.29, 0.717) is 41.7 Å². The summed E-state index contributed by atoms with van der Waals surface area (Å²) in [4.78, 5) is 20.9. The van der Waals surface area contributed by atoms with Gasteiger partial charge in [-0.25, -0.2) is 4.98 Å². The molecule has 1 aliphatic rings. The molecule has 2 aromatic heterocycles. The van der Waals surface area contributed by atoms with Crippen LogP contribution in [0.3, 0.4) is 0 Å². The first-order chi connectivity index (χ1) is 17.2. The Kier molecular flexibility index (Phi) is 7.32. The summed E-state index contributed by atoms with van der Waals surface area (Å²) in [5.74, 6) is 1.05. The maximum Gasteiger partial charge on any atom is 0.417 e.